The van der Waals surface area contributed by atoms with Crippen LogP contribution in [0.25, 0.3) is 11.3 Å². The van der Waals surface area contributed by atoms with Crippen LogP contribution in [0.2, 0.25) is 0 Å². The van der Waals surface area contributed by atoms with Crippen molar-refractivity contribution in [2.24, 2.45) is 13.0 Å². The zero-order valence-corrected chi connectivity index (χ0v) is 12.4. The van der Waals surface area contributed by atoms with Crippen molar-refractivity contribution in [3.63, 3.8) is 0 Å². The molecule has 0 bridgehead atoms. The lowest BCUT2D eigenvalue weighted by Crippen LogP contribution is -2.11. The molecule has 0 saturated carbocycles. The molecule has 0 aliphatic rings. The highest BCUT2D eigenvalue weighted by Gasteiger charge is 2.18. The van der Waals surface area contributed by atoms with Crippen LogP contribution in [0.1, 0.15) is 32.3 Å². The van der Waals surface area contributed by atoms with Crippen LogP contribution in [0, 0.1) is 12.8 Å². The Kier molecular flexibility index (Phi) is 3.64. The Morgan fingerprint density at radius 2 is 2.05 bits per heavy atom. The van der Waals surface area contributed by atoms with Gasteiger partial charge in [0.15, 0.2) is 0 Å². The molecule has 0 amide bonds. The molecule has 0 fully saturated rings. The second-order valence-corrected chi connectivity index (χ2v) is 5.39. The zero-order chi connectivity index (χ0) is 14.2. The Balaban J connectivity index is 2.53. The molecule has 5 heteroatoms. The molecule has 2 rings (SSSR count). The quantitative estimate of drug-likeness (QED) is 0.919. The van der Waals surface area contributed by atoms with E-state index in [0.717, 1.165) is 41.6 Å². The molecular weight excluding hydrogens is 238 g/mol. The molecule has 2 aromatic heterocycles. The maximum Gasteiger partial charge on any atom is 0.131 e. The van der Waals surface area contributed by atoms with Crippen LogP contribution >= 0.6 is 0 Å². The summed E-state index contributed by atoms with van der Waals surface area (Å²) in [6, 6.07) is 0. The molecule has 2 aromatic rings. The summed E-state index contributed by atoms with van der Waals surface area (Å²) in [5.41, 5.74) is 9.28. The van der Waals surface area contributed by atoms with E-state index in [-0.39, 0.29) is 0 Å². The van der Waals surface area contributed by atoms with Crippen molar-refractivity contribution in [2.45, 2.75) is 40.7 Å². The summed E-state index contributed by atoms with van der Waals surface area (Å²) >= 11 is 0. The lowest BCUT2D eigenvalue weighted by atomic mass is 10.2. The lowest BCUT2D eigenvalue weighted by molar-refractivity contribution is 0.513. The van der Waals surface area contributed by atoms with Gasteiger partial charge in [-0.05, 0) is 12.8 Å². The Hall–Kier alpha value is -1.78. The summed E-state index contributed by atoms with van der Waals surface area (Å²) in [6.07, 6.45) is 2.73. The minimum atomic E-state index is 0.546. The molecule has 0 spiro atoms. The van der Waals surface area contributed by atoms with Crippen LogP contribution in [-0.2, 0) is 20.0 Å². The van der Waals surface area contributed by atoms with E-state index in [1.165, 1.54) is 0 Å². The Bertz CT molecular complexity index is 577. The number of aryl methyl sites for hydroxylation is 2. The number of nitrogens with zero attached hydrogens (tertiary/aromatic N) is 4. The van der Waals surface area contributed by atoms with E-state index in [9.17, 15) is 0 Å². The summed E-state index contributed by atoms with van der Waals surface area (Å²) in [7, 11) is 1.93. The van der Waals surface area contributed by atoms with Gasteiger partial charge in [-0.25, -0.2) is 4.98 Å². The number of hydrogen-bond donors (Lipinski definition) is 1. The third-order valence-electron chi connectivity index (χ3n) is 3.44. The van der Waals surface area contributed by atoms with E-state index in [1.807, 2.05) is 24.9 Å². The Morgan fingerprint density at radius 1 is 1.37 bits per heavy atom. The molecule has 19 heavy (non-hydrogen) atoms. The smallest absolute Gasteiger partial charge is 0.131 e. The highest BCUT2D eigenvalue weighted by Crippen LogP contribution is 2.29. The van der Waals surface area contributed by atoms with Crippen molar-refractivity contribution in [3.8, 4) is 11.3 Å². The van der Waals surface area contributed by atoms with Crippen LogP contribution in [0.15, 0.2) is 6.20 Å². The molecule has 2 heterocycles. The number of anilines is 1. The van der Waals surface area contributed by atoms with E-state index in [1.54, 1.807) is 0 Å². The molecular formula is C14H23N5. The van der Waals surface area contributed by atoms with Gasteiger partial charge >= 0.3 is 0 Å². The zero-order valence-electron chi connectivity index (χ0n) is 12.4. The van der Waals surface area contributed by atoms with Crippen molar-refractivity contribution in [2.75, 3.05) is 5.73 Å². The largest absolute Gasteiger partial charge is 0.383 e. The number of hydrogen-bond acceptors (Lipinski definition) is 3. The first-order chi connectivity index (χ1) is 8.95. The van der Waals surface area contributed by atoms with Gasteiger partial charge in [-0.1, -0.05) is 20.8 Å². The summed E-state index contributed by atoms with van der Waals surface area (Å²) in [5.74, 6) is 2.34. The topological polar surface area (TPSA) is 61.7 Å². The van der Waals surface area contributed by atoms with E-state index in [4.69, 9.17) is 10.7 Å². The van der Waals surface area contributed by atoms with Crippen LogP contribution in [0.5, 0.6) is 0 Å². The number of nitrogens with two attached hydrogens (primary N) is 1. The summed E-state index contributed by atoms with van der Waals surface area (Å²) in [6.45, 7) is 9.43. The number of nitrogen functional groups attached to an aromatic ring is 1. The van der Waals surface area contributed by atoms with E-state index in [2.05, 4.69) is 30.4 Å². The number of imidazole rings is 1. The molecule has 5 nitrogen and oxygen atoms in total. The van der Waals surface area contributed by atoms with Crippen LogP contribution in [-0.4, -0.2) is 19.3 Å². The van der Waals surface area contributed by atoms with Gasteiger partial charge in [-0.15, -0.1) is 0 Å². The third kappa shape index (κ3) is 2.37. The normalized spacial score (nSPS) is 11.5. The first-order valence-electron chi connectivity index (χ1n) is 6.79. The molecule has 104 valence electrons. The first kappa shape index (κ1) is 13.6. The van der Waals surface area contributed by atoms with Gasteiger partial charge in [0.25, 0.3) is 0 Å². The van der Waals surface area contributed by atoms with Crippen molar-refractivity contribution in [1.29, 1.82) is 0 Å². The van der Waals surface area contributed by atoms with Gasteiger partial charge < -0.3 is 10.3 Å². The van der Waals surface area contributed by atoms with Gasteiger partial charge in [-0.3, -0.25) is 4.68 Å². The fraction of sp³-hybridized carbons (Fsp3) is 0.571. The molecule has 0 unspecified atom stereocenters. The van der Waals surface area contributed by atoms with Crippen molar-refractivity contribution in [1.82, 2.24) is 19.3 Å². The van der Waals surface area contributed by atoms with E-state index >= 15 is 0 Å². The lowest BCUT2D eigenvalue weighted by Gasteiger charge is -2.11. The predicted octanol–water partition coefficient (Wildman–Crippen LogP) is 2.39. The summed E-state index contributed by atoms with van der Waals surface area (Å²) in [4.78, 5) is 4.71. The second kappa shape index (κ2) is 5.07. The van der Waals surface area contributed by atoms with E-state index in [0.29, 0.717) is 5.92 Å². The SMILES string of the molecule is CCc1nc(-c2cnn(C)c2C)c(N)n1CC(C)C. The maximum absolute atomic E-state index is 6.30. The highest BCUT2D eigenvalue weighted by molar-refractivity contribution is 5.72. The van der Waals surface area contributed by atoms with Gasteiger partial charge in [0.05, 0.1) is 6.20 Å². The molecule has 0 atom stereocenters. The average molecular weight is 261 g/mol. The first-order valence-corrected chi connectivity index (χ1v) is 6.79. The van der Waals surface area contributed by atoms with Gasteiger partial charge in [0.1, 0.15) is 17.3 Å². The van der Waals surface area contributed by atoms with Gasteiger partial charge in [0.2, 0.25) is 0 Å². The van der Waals surface area contributed by atoms with Crippen molar-refractivity contribution >= 4 is 5.82 Å². The minimum absolute atomic E-state index is 0.546. The Morgan fingerprint density at radius 3 is 2.53 bits per heavy atom. The molecule has 0 aliphatic heterocycles. The van der Waals surface area contributed by atoms with Crippen LogP contribution in [0.4, 0.5) is 5.82 Å². The van der Waals surface area contributed by atoms with Crippen LogP contribution < -0.4 is 5.73 Å². The fourth-order valence-corrected chi connectivity index (χ4v) is 2.28. The monoisotopic (exact) mass is 261 g/mol. The van der Waals surface area contributed by atoms with Gasteiger partial charge in [-0.2, -0.15) is 5.10 Å². The minimum Gasteiger partial charge on any atom is -0.383 e. The standard InChI is InChI=1S/C14H23N5/c1-6-12-17-13(11-7-16-18(5)10(11)4)14(15)19(12)8-9(2)3/h7,9H,6,8,15H2,1-5H3. The summed E-state index contributed by atoms with van der Waals surface area (Å²) < 4.78 is 3.98. The van der Waals surface area contributed by atoms with Crippen molar-refractivity contribution in [3.05, 3.63) is 17.7 Å². The molecule has 2 N–H and O–H groups in total. The van der Waals surface area contributed by atoms with Crippen molar-refractivity contribution < 1.29 is 0 Å². The third-order valence-corrected chi connectivity index (χ3v) is 3.44. The molecule has 0 saturated heterocycles. The predicted molar refractivity (Wildman–Crippen MR) is 77.8 cm³/mol. The molecule has 0 aliphatic carbocycles. The second-order valence-electron chi connectivity index (χ2n) is 5.39. The van der Waals surface area contributed by atoms with Crippen LogP contribution in [0.3, 0.4) is 0 Å². The fourth-order valence-electron chi connectivity index (χ4n) is 2.28. The molecule has 0 radical (unpaired) electrons. The maximum atomic E-state index is 6.30. The number of aromatic nitrogens is 4. The molecule has 0 aromatic carbocycles. The average Bonchev–Trinajstić information content (AvgIpc) is 2.83. The highest BCUT2D eigenvalue weighted by atomic mass is 15.3. The van der Waals surface area contributed by atoms with Gasteiger partial charge in [0, 0.05) is 31.3 Å². The summed E-state index contributed by atoms with van der Waals surface area (Å²) in [5, 5.41) is 4.27. The number of rotatable bonds is 4. The Labute approximate surface area is 114 Å². The van der Waals surface area contributed by atoms with E-state index < -0.39 is 0 Å².